The van der Waals surface area contributed by atoms with Crippen molar-refractivity contribution >= 4 is 23.6 Å². The molecule has 8 nitrogen and oxygen atoms in total. The first kappa shape index (κ1) is 20.9. The Labute approximate surface area is 168 Å². The maximum absolute atomic E-state index is 12.7. The minimum atomic E-state index is -0.465. The predicted octanol–water partition coefficient (Wildman–Crippen LogP) is 1.07. The number of hydrogen-bond acceptors (Lipinski definition) is 7. The van der Waals surface area contributed by atoms with Crippen LogP contribution in [0.25, 0.3) is 0 Å². The molecule has 1 aromatic heterocycles. The SMILES string of the molecule is CCOC(=O)CNC(=O)CSc1nc(=O)n(CC2CCCO2)c2c1CCCC2. The van der Waals surface area contributed by atoms with Gasteiger partial charge in [0.25, 0.3) is 0 Å². The molecular weight excluding hydrogens is 382 g/mol. The van der Waals surface area contributed by atoms with Crippen LogP contribution in [0, 0.1) is 0 Å². The summed E-state index contributed by atoms with van der Waals surface area (Å²) in [4.78, 5) is 40.3. The van der Waals surface area contributed by atoms with Gasteiger partial charge < -0.3 is 14.8 Å². The van der Waals surface area contributed by atoms with Crippen molar-refractivity contribution in [3.8, 4) is 0 Å². The lowest BCUT2D eigenvalue weighted by molar-refractivity contribution is -0.143. The van der Waals surface area contributed by atoms with Crippen LogP contribution in [0.15, 0.2) is 9.82 Å². The number of carbonyl (C=O) groups excluding carboxylic acids is 2. The van der Waals surface area contributed by atoms with Gasteiger partial charge in [0.15, 0.2) is 0 Å². The normalized spacial score (nSPS) is 18.5. The lowest BCUT2D eigenvalue weighted by Gasteiger charge is -2.24. The third kappa shape index (κ3) is 5.35. The largest absolute Gasteiger partial charge is 0.465 e. The van der Waals surface area contributed by atoms with Crippen molar-refractivity contribution in [2.24, 2.45) is 0 Å². The van der Waals surface area contributed by atoms with Crippen LogP contribution < -0.4 is 11.0 Å². The molecule has 1 aliphatic heterocycles. The van der Waals surface area contributed by atoms with Crippen LogP contribution in [0.1, 0.15) is 43.9 Å². The van der Waals surface area contributed by atoms with Crippen molar-refractivity contribution in [2.45, 2.75) is 63.1 Å². The molecule has 1 saturated heterocycles. The third-order valence-corrected chi connectivity index (χ3v) is 5.95. The number of fused-ring (bicyclic) bond motifs is 1. The van der Waals surface area contributed by atoms with E-state index in [0.717, 1.165) is 56.4 Å². The standard InChI is InChI=1S/C19H27N3O5S/c1-2-26-17(24)10-20-16(23)12-28-18-14-7-3-4-8-15(14)22(19(25)21-18)11-13-6-5-9-27-13/h13H,2-12H2,1H3,(H,20,23). The second-order valence-electron chi connectivity index (χ2n) is 6.95. The highest BCUT2D eigenvalue weighted by Gasteiger charge is 2.24. The molecule has 2 heterocycles. The number of aromatic nitrogens is 2. The molecule has 1 fully saturated rings. The van der Waals surface area contributed by atoms with Crippen molar-refractivity contribution in [1.29, 1.82) is 0 Å². The van der Waals surface area contributed by atoms with Crippen molar-refractivity contribution in [3.05, 3.63) is 21.7 Å². The minimum Gasteiger partial charge on any atom is -0.465 e. The fourth-order valence-electron chi connectivity index (χ4n) is 3.62. The Morgan fingerprint density at radius 2 is 2.14 bits per heavy atom. The zero-order valence-corrected chi connectivity index (χ0v) is 17.0. The van der Waals surface area contributed by atoms with Gasteiger partial charge in [-0.2, -0.15) is 4.98 Å². The van der Waals surface area contributed by atoms with Gasteiger partial charge in [-0.1, -0.05) is 11.8 Å². The molecule has 154 valence electrons. The van der Waals surface area contributed by atoms with E-state index in [9.17, 15) is 14.4 Å². The molecule has 0 aromatic carbocycles. The molecule has 0 radical (unpaired) electrons. The highest BCUT2D eigenvalue weighted by atomic mass is 32.2. The summed E-state index contributed by atoms with van der Waals surface area (Å²) in [5, 5.41) is 3.16. The Hall–Kier alpha value is -1.87. The Morgan fingerprint density at radius 1 is 1.32 bits per heavy atom. The molecule has 0 saturated carbocycles. The van der Waals surface area contributed by atoms with Gasteiger partial charge in [-0.05, 0) is 45.4 Å². The summed E-state index contributed by atoms with van der Waals surface area (Å²) in [6.07, 6.45) is 5.89. The number of nitrogens with one attached hydrogen (secondary N) is 1. The smallest absolute Gasteiger partial charge is 0.348 e. The molecule has 9 heteroatoms. The molecule has 2 aliphatic rings. The van der Waals surface area contributed by atoms with Crippen molar-refractivity contribution in [3.63, 3.8) is 0 Å². The quantitative estimate of drug-likeness (QED) is 0.389. The monoisotopic (exact) mass is 409 g/mol. The first-order valence-corrected chi connectivity index (χ1v) is 10.9. The van der Waals surface area contributed by atoms with E-state index >= 15 is 0 Å². The number of amides is 1. The molecule has 1 N–H and O–H groups in total. The van der Waals surface area contributed by atoms with E-state index in [2.05, 4.69) is 10.3 Å². The molecule has 1 unspecified atom stereocenters. The number of rotatable bonds is 8. The number of thioether (sulfide) groups is 1. The van der Waals surface area contributed by atoms with Crippen molar-refractivity contribution < 1.29 is 19.1 Å². The van der Waals surface area contributed by atoms with Crippen LogP contribution in [-0.4, -0.2) is 53.0 Å². The second kappa shape index (κ2) is 10.1. The fraction of sp³-hybridized carbons (Fsp3) is 0.684. The fourth-order valence-corrected chi connectivity index (χ4v) is 4.52. The van der Waals surface area contributed by atoms with E-state index in [1.807, 2.05) is 0 Å². The Morgan fingerprint density at radius 3 is 2.89 bits per heavy atom. The van der Waals surface area contributed by atoms with E-state index in [1.165, 1.54) is 11.8 Å². The van der Waals surface area contributed by atoms with E-state index in [4.69, 9.17) is 9.47 Å². The molecule has 1 amide bonds. The summed E-state index contributed by atoms with van der Waals surface area (Å²) in [5.41, 5.74) is 1.84. The van der Waals surface area contributed by atoms with Crippen molar-refractivity contribution in [2.75, 3.05) is 25.5 Å². The van der Waals surface area contributed by atoms with Crippen molar-refractivity contribution in [1.82, 2.24) is 14.9 Å². The number of esters is 1. The summed E-state index contributed by atoms with van der Waals surface area (Å²) in [5.74, 6) is -0.644. The lowest BCUT2D eigenvalue weighted by Crippen LogP contribution is -2.34. The van der Waals surface area contributed by atoms with Gasteiger partial charge >= 0.3 is 11.7 Å². The maximum Gasteiger partial charge on any atom is 0.348 e. The predicted molar refractivity (Wildman–Crippen MR) is 104 cm³/mol. The maximum atomic E-state index is 12.7. The van der Waals surface area contributed by atoms with Crippen LogP contribution >= 0.6 is 11.8 Å². The van der Waals surface area contributed by atoms with Gasteiger partial charge in [-0.25, -0.2) is 4.79 Å². The third-order valence-electron chi connectivity index (χ3n) is 4.94. The van der Waals surface area contributed by atoms with E-state index < -0.39 is 5.97 Å². The first-order valence-electron chi connectivity index (χ1n) is 9.87. The molecule has 28 heavy (non-hydrogen) atoms. The summed E-state index contributed by atoms with van der Waals surface area (Å²) < 4.78 is 12.3. The van der Waals surface area contributed by atoms with E-state index in [1.54, 1.807) is 11.5 Å². The lowest BCUT2D eigenvalue weighted by atomic mass is 9.97. The topological polar surface area (TPSA) is 99.5 Å². The molecular formula is C19H27N3O5S. The van der Waals surface area contributed by atoms with E-state index in [0.29, 0.717) is 11.6 Å². The number of ether oxygens (including phenoxy) is 2. The van der Waals surface area contributed by atoms with Crippen LogP contribution in [-0.2, 0) is 38.4 Å². The number of nitrogens with zero attached hydrogens (tertiary/aromatic N) is 2. The number of carbonyl (C=O) groups is 2. The summed E-state index contributed by atoms with van der Waals surface area (Å²) >= 11 is 1.25. The molecule has 1 aromatic rings. The highest BCUT2D eigenvalue weighted by Crippen LogP contribution is 2.29. The van der Waals surface area contributed by atoms with Gasteiger partial charge in [0.05, 0.1) is 25.0 Å². The molecule has 1 atom stereocenters. The summed E-state index contributed by atoms with van der Waals surface area (Å²) in [6, 6.07) is 0. The second-order valence-corrected chi connectivity index (χ2v) is 7.91. The Kier molecular flexibility index (Phi) is 7.50. The summed E-state index contributed by atoms with van der Waals surface area (Å²) in [7, 11) is 0. The average molecular weight is 410 g/mol. The summed E-state index contributed by atoms with van der Waals surface area (Å²) in [6.45, 7) is 3.15. The zero-order valence-electron chi connectivity index (χ0n) is 16.2. The Bertz CT molecular complexity index is 774. The van der Waals surface area contributed by atoms with Crippen LogP contribution in [0.4, 0.5) is 0 Å². The van der Waals surface area contributed by atoms with Gasteiger partial charge in [0, 0.05) is 17.9 Å². The van der Waals surface area contributed by atoms with E-state index in [-0.39, 0.29) is 36.6 Å². The van der Waals surface area contributed by atoms with Crippen LogP contribution in [0.5, 0.6) is 0 Å². The van der Waals surface area contributed by atoms with Gasteiger partial charge in [0.1, 0.15) is 11.6 Å². The first-order chi connectivity index (χ1) is 13.6. The van der Waals surface area contributed by atoms with Gasteiger partial charge in [0.2, 0.25) is 5.91 Å². The molecule has 0 bridgehead atoms. The van der Waals surface area contributed by atoms with Crippen LogP contribution in [0.3, 0.4) is 0 Å². The number of hydrogen-bond donors (Lipinski definition) is 1. The van der Waals surface area contributed by atoms with Crippen LogP contribution in [0.2, 0.25) is 0 Å². The minimum absolute atomic E-state index is 0.0812. The average Bonchev–Trinajstić information content (AvgIpc) is 3.20. The molecule has 3 rings (SSSR count). The Balaban J connectivity index is 1.68. The van der Waals surface area contributed by atoms with Gasteiger partial charge in [-0.15, -0.1) is 0 Å². The van der Waals surface area contributed by atoms with Gasteiger partial charge in [-0.3, -0.25) is 14.2 Å². The molecule has 0 spiro atoms. The molecule has 1 aliphatic carbocycles. The highest BCUT2D eigenvalue weighted by molar-refractivity contribution is 7.99. The zero-order chi connectivity index (χ0) is 19.9.